The van der Waals surface area contributed by atoms with Crippen molar-refractivity contribution in [2.24, 2.45) is 0 Å². The molecule has 5 heteroatoms. The Morgan fingerprint density at radius 1 is 0.900 bits per heavy atom. The third kappa shape index (κ3) is 4.62. The molecule has 0 bridgehead atoms. The van der Waals surface area contributed by atoms with Crippen LogP contribution in [0.15, 0.2) is 79.5 Å². The van der Waals surface area contributed by atoms with Gasteiger partial charge in [0.25, 0.3) is 0 Å². The number of aromatic nitrogens is 4. The topological polar surface area (TPSA) is 55.6 Å². The molecule has 148 valence electrons. The molecule has 4 rings (SSSR count). The van der Waals surface area contributed by atoms with Crippen molar-refractivity contribution in [2.45, 2.75) is 26.4 Å². The quantitative estimate of drug-likeness (QED) is 0.516. The van der Waals surface area contributed by atoms with Crippen LogP contribution in [0, 0.1) is 18.8 Å². The first-order chi connectivity index (χ1) is 14.7. The smallest absolute Gasteiger partial charge is 0.115 e. The predicted octanol–water partition coefficient (Wildman–Crippen LogP) is 4.22. The van der Waals surface area contributed by atoms with E-state index in [2.05, 4.69) is 70.3 Å². The first-order valence-electron chi connectivity index (χ1n) is 9.90. The maximum absolute atomic E-state index is 4.57. The Balaban J connectivity index is 1.38. The Labute approximate surface area is 176 Å². The van der Waals surface area contributed by atoms with Crippen molar-refractivity contribution in [3.63, 3.8) is 0 Å². The van der Waals surface area contributed by atoms with Crippen molar-refractivity contribution in [1.82, 2.24) is 25.1 Å². The summed E-state index contributed by atoms with van der Waals surface area (Å²) in [4.78, 5) is 7.95. The number of benzene rings is 2. The van der Waals surface area contributed by atoms with Crippen molar-refractivity contribution < 1.29 is 0 Å². The first kappa shape index (κ1) is 19.6. The van der Waals surface area contributed by atoms with Crippen molar-refractivity contribution >= 4 is 0 Å². The molecule has 0 aliphatic carbocycles. The van der Waals surface area contributed by atoms with E-state index in [0.29, 0.717) is 0 Å². The van der Waals surface area contributed by atoms with E-state index in [-0.39, 0.29) is 6.04 Å². The van der Waals surface area contributed by atoms with Gasteiger partial charge in [0, 0.05) is 41.8 Å². The van der Waals surface area contributed by atoms with Crippen molar-refractivity contribution in [3.05, 3.63) is 107 Å². The third-order valence-electron chi connectivity index (χ3n) is 4.99. The predicted molar refractivity (Wildman–Crippen MR) is 118 cm³/mol. The standard InChI is InChI=1S/C25H23N5/c1-19(25-17-29-30(20(25)2)24-6-4-3-5-7-24)28-16-22-11-8-21(9-12-22)10-13-23-14-26-18-27-15-23/h3-9,11-12,14-15,17-19,28H,16H2,1-2H3/t19-/m1/s1. The molecule has 5 nitrogen and oxygen atoms in total. The van der Waals surface area contributed by atoms with Crippen molar-refractivity contribution in [2.75, 3.05) is 0 Å². The highest BCUT2D eigenvalue weighted by Crippen LogP contribution is 2.20. The Morgan fingerprint density at radius 2 is 1.60 bits per heavy atom. The lowest BCUT2D eigenvalue weighted by atomic mass is 10.1. The fourth-order valence-corrected chi connectivity index (χ4v) is 3.27. The summed E-state index contributed by atoms with van der Waals surface area (Å²) < 4.78 is 1.98. The number of para-hydroxylation sites is 1. The van der Waals surface area contributed by atoms with Gasteiger partial charge < -0.3 is 5.32 Å². The Bertz CT molecular complexity index is 1150. The first-order valence-corrected chi connectivity index (χ1v) is 9.90. The largest absolute Gasteiger partial charge is 0.306 e. The number of nitrogens with zero attached hydrogens (tertiary/aromatic N) is 4. The molecule has 4 aromatic rings. The van der Waals surface area contributed by atoms with Crippen LogP contribution in [0.3, 0.4) is 0 Å². The third-order valence-corrected chi connectivity index (χ3v) is 4.99. The molecule has 2 aromatic carbocycles. The van der Waals surface area contributed by atoms with E-state index in [1.54, 1.807) is 12.4 Å². The van der Waals surface area contributed by atoms with Gasteiger partial charge in [-0.25, -0.2) is 14.6 Å². The Morgan fingerprint density at radius 3 is 2.33 bits per heavy atom. The molecule has 0 amide bonds. The molecule has 30 heavy (non-hydrogen) atoms. The molecule has 2 aromatic heterocycles. The highest BCUT2D eigenvalue weighted by atomic mass is 15.3. The van der Waals surface area contributed by atoms with Crippen LogP contribution in [0.2, 0.25) is 0 Å². The van der Waals surface area contributed by atoms with Crippen molar-refractivity contribution in [1.29, 1.82) is 0 Å². The normalized spacial score (nSPS) is 11.5. The zero-order valence-corrected chi connectivity index (χ0v) is 17.1. The van der Waals surface area contributed by atoms with Gasteiger partial charge in [-0.3, -0.25) is 0 Å². The number of nitrogens with one attached hydrogen (secondary N) is 1. The summed E-state index contributed by atoms with van der Waals surface area (Å²) in [5, 5.41) is 8.16. The molecular weight excluding hydrogens is 370 g/mol. The van der Waals surface area contributed by atoms with Crippen LogP contribution in [0.5, 0.6) is 0 Å². The number of hydrogen-bond donors (Lipinski definition) is 1. The molecule has 0 aliphatic heterocycles. The SMILES string of the molecule is Cc1c([C@@H](C)NCc2ccc(C#Cc3cncnc3)cc2)cnn1-c1ccccc1. The van der Waals surface area contributed by atoms with E-state index in [1.165, 1.54) is 17.5 Å². The molecule has 0 unspecified atom stereocenters. The Hall–Kier alpha value is -3.75. The van der Waals surface area contributed by atoms with E-state index in [0.717, 1.165) is 29.1 Å². The van der Waals surface area contributed by atoms with Gasteiger partial charge in [-0.2, -0.15) is 5.10 Å². The average molecular weight is 393 g/mol. The zero-order chi connectivity index (χ0) is 20.8. The van der Waals surface area contributed by atoms with E-state index in [4.69, 9.17) is 0 Å². The summed E-state index contributed by atoms with van der Waals surface area (Å²) in [5.41, 5.74) is 6.41. The van der Waals surface area contributed by atoms with Crippen LogP contribution in [-0.4, -0.2) is 19.7 Å². The maximum Gasteiger partial charge on any atom is 0.115 e. The summed E-state index contributed by atoms with van der Waals surface area (Å²) >= 11 is 0. The van der Waals surface area contributed by atoms with E-state index in [1.807, 2.05) is 41.2 Å². The van der Waals surface area contributed by atoms with E-state index >= 15 is 0 Å². The second-order valence-corrected chi connectivity index (χ2v) is 7.11. The lowest BCUT2D eigenvalue weighted by Gasteiger charge is -2.14. The summed E-state index contributed by atoms with van der Waals surface area (Å²) in [5.74, 6) is 6.22. The second kappa shape index (κ2) is 9.17. The minimum Gasteiger partial charge on any atom is -0.306 e. The molecular formula is C25H23N5. The van der Waals surface area contributed by atoms with Gasteiger partial charge in [-0.1, -0.05) is 42.2 Å². The molecule has 0 saturated carbocycles. The van der Waals surface area contributed by atoms with Crippen LogP contribution >= 0.6 is 0 Å². The fraction of sp³-hybridized carbons (Fsp3) is 0.160. The van der Waals surface area contributed by atoms with Gasteiger partial charge in [0.15, 0.2) is 0 Å². The van der Waals surface area contributed by atoms with Crippen LogP contribution < -0.4 is 5.32 Å². The molecule has 0 spiro atoms. The van der Waals surface area contributed by atoms with E-state index in [9.17, 15) is 0 Å². The number of rotatable bonds is 5. The minimum absolute atomic E-state index is 0.194. The highest BCUT2D eigenvalue weighted by molar-refractivity contribution is 5.42. The molecule has 2 heterocycles. The van der Waals surface area contributed by atoms with Gasteiger partial charge in [0.2, 0.25) is 0 Å². The van der Waals surface area contributed by atoms with Gasteiger partial charge in [0.05, 0.1) is 17.4 Å². The molecule has 0 aliphatic rings. The lowest BCUT2D eigenvalue weighted by molar-refractivity contribution is 0.571. The van der Waals surface area contributed by atoms with Crippen LogP contribution in [0.1, 0.15) is 40.9 Å². The molecule has 1 atom stereocenters. The van der Waals surface area contributed by atoms with Gasteiger partial charge >= 0.3 is 0 Å². The minimum atomic E-state index is 0.194. The Kier molecular flexibility index (Phi) is 5.98. The molecule has 0 saturated heterocycles. The monoisotopic (exact) mass is 393 g/mol. The van der Waals surface area contributed by atoms with Crippen LogP contribution in [-0.2, 0) is 6.54 Å². The van der Waals surface area contributed by atoms with E-state index < -0.39 is 0 Å². The van der Waals surface area contributed by atoms with Crippen LogP contribution in [0.4, 0.5) is 0 Å². The average Bonchev–Trinajstić information content (AvgIpc) is 3.19. The van der Waals surface area contributed by atoms with Gasteiger partial charge in [0.1, 0.15) is 6.33 Å². The highest BCUT2D eigenvalue weighted by Gasteiger charge is 2.13. The van der Waals surface area contributed by atoms with Gasteiger partial charge in [-0.05, 0) is 43.7 Å². The lowest BCUT2D eigenvalue weighted by Crippen LogP contribution is -2.18. The van der Waals surface area contributed by atoms with Crippen molar-refractivity contribution in [3.8, 4) is 17.5 Å². The van der Waals surface area contributed by atoms with Crippen LogP contribution in [0.25, 0.3) is 5.69 Å². The number of hydrogen-bond acceptors (Lipinski definition) is 4. The maximum atomic E-state index is 4.57. The van der Waals surface area contributed by atoms with Gasteiger partial charge in [-0.15, -0.1) is 0 Å². The summed E-state index contributed by atoms with van der Waals surface area (Å²) in [6.07, 6.45) is 6.87. The summed E-state index contributed by atoms with van der Waals surface area (Å²) in [6.45, 7) is 5.05. The molecule has 0 fully saturated rings. The fourth-order valence-electron chi connectivity index (χ4n) is 3.27. The molecule has 0 radical (unpaired) electrons. The second-order valence-electron chi connectivity index (χ2n) is 7.11. The summed E-state index contributed by atoms with van der Waals surface area (Å²) in [7, 11) is 0. The molecule has 1 N–H and O–H groups in total. The summed E-state index contributed by atoms with van der Waals surface area (Å²) in [6, 6.07) is 18.7. The zero-order valence-electron chi connectivity index (χ0n) is 17.1.